The number of halogens is 3. The average Bonchev–Trinajstić information content (AvgIpc) is 2.14. The van der Waals surface area contributed by atoms with Crippen molar-refractivity contribution in [3.63, 3.8) is 0 Å². The Bertz CT molecular complexity index is 382. The van der Waals surface area contributed by atoms with Crippen LogP contribution in [0.25, 0.3) is 0 Å². The SMILES string of the molecule is CCOC(=O)Cc1cc(F)c(Br)cc1Cl. The summed E-state index contributed by atoms with van der Waals surface area (Å²) in [5.41, 5.74) is 0.427. The van der Waals surface area contributed by atoms with Crippen LogP contribution < -0.4 is 0 Å². The maximum absolute atomic E-state index is 13.1. The van der Waals surface area contributed by atoms with E-state index in [1.54, 1.807) is 6.92 Å². The predicted octanol–water partition coefficient (Wildman–Crippen LogP) is 3.35. The number of hydrogen-bond acceptors (Lipinski definition) is 2. The van der Waals surface area contributed by atoms with Gasteiger partial charge in [0.05, 0.1) is 17.5 Å². The molecule has 0 bridgehead atoms. The normalized spacial score (nSPS) is 10.1. The number of rotatable bonds is 3. The van der Waals surface area contributed by atoms with Gasteiger partial charge in [-0.1, -0.05) is 11.6 Å². The Hall–Kier alpha value is -0.610. The molecule has 5 heteroatoms. The van der Waals surface area contributed by atoms with E-state index in [1.165, 1.54) is 12.1 Å². The lowest BCUT2D eigenvalue weighted by Crippen LogP contribution is -2.08. The summed E-state index contributed by atoms with van der Waals surface area (Å²) in [5.74, 6) is -0.861. The Balaban J connectivity index is 2.86. The van der Waals surface area contributed by atoms with Crippen molar-refractivity contribution in [1.29, 1.82) is 0 Å². The first-order chi connectivity index (χ1) is 7.04. The molecule has 82 valence electrons. The maximum atomic E-state index is 13.1. The molecule has 0 unspecified atom stereocenters. The molecule has 15 heavy (non-hydrogen) atoms. The first-order valence-electron chi connectivity index (χ1n) is 4.33. The van der Waals surface area contributed by atoms with Crippen molar-refractivity contribution in [2.45, 2.75) is 13.3 Å². The van der Waals surface area contributed by atoms with Crippen LogP contribution in [0, 0.1) is 5.82 Å². The Labute approximate surface area is 101 Å². The monoisotopic (exact) mass is 294 g/mol. The standard InChI is InChI=1S/C10H9BrClFO2/c1-2-15-10(14)4-6-3-9(13)7(11)5-8(6)12/h3,5H,2,4H2,1H3. The second-order valence-corrected chi connectivity index (χ2v) is 4.10. The fourth-order valence-electron chi connectivity index (χ4n) is 1.07. The average molecular weight is 296 g/mol. The minimum absolute atomic E-state index is 0.0170. The highest BCUT2D eigenvalue weighted by Crippen LogP contribution is 2.25. The van der Waals surface area contributed by atoms with Crippen LogP contribution in [-0.2, 0) is 16.0 Å². The molecule has 1 rings (SSSR count). The molecule has 0 saturated carbocycles. The van der Waals surface area contributed by atoms with E-state index in [2.05, 4.69) is 15.9 Å². The Kier molecular flexibility index (Phi) is 4.54. The van der Waals surface area contributed by atoms with Gasteiger partial charge in [-0.15, -0.1) is 0 Å². The minimum atomic E-state index is -0.446. The second kappa shape index (κ2) is 5.47. The lowest BCUT2D eigenvalue weighted by atomic mass is 10.1. The highest BCUT2D eigenvalue weighted by atomic mass is 79.9. The van der Waals surface area contributed by atoms with Gasteiger partial charge in [0, 0.05) is 5.02 Å². The second-order valence-electron chi connectivity index (χ2n) is 2.84. The van der Waals surface area contributed by atoms with Crippen LogP contribution in [0.3, 0.4) is 0 Å². The van der Waals surface area contributed by atoms with E-state index in [1.807, 2.05) is 0 Å². The summed E-state index contributed by atoms with van der Waals surface area (Å²) in [6, 6.07) is 2.65. The fraction of sp³-hybridized carbons (Fsp3) is 0.300. The largest absolute Gasteiger partial charge is 0.466 e. The fourth-order valence-corrected chi connectivity index (χ4v) is 1.77. The molecule has 0 radical (unpaired) electrons. The van der Waals surface area contributed by atoms with Gasteiger partial charge in [0.1, 0.15) is 5.82 Å². The molecular weight excluding hydrogens is 286 g/mol. The number of hydrogen-bond donors (Lipinski definition) is 0. The van der Waals surface area contributed by atoms with Gasteiger partial charge in [-0.2, -0.15) is 0 Å². The van der Waals surface area contributed by atoms with Crippen molar-refractivity contribution in [2.24, 2.45) is 0 Å². The quantitative estimate of drug-likeness (QED) is 0.631. The molecule has 0 aromatic heterocycles. The van der Waals surface area contributed by atoms with Gasteiger partial charge in [-0.25, -0.2) is 4.39 Å². The van der Waals surface area contributed by atoms with Crippen molar-refractivity contribution in [3.8, 4) is 0 Å². The van der Waals surface area contributed by atoms with Crippen molar-refractivity contribution in [2.75, 3.05) is 6.61 Å². The van der Waals surface area contributed by atoms with E-state index in [9.17, 15) is 9.18 Å². The highest BCUT2D eigenvalue weighted by molar-refractivity contribution is 9.10. The summed E-state index contributed by atoms with van der Waals surface area (Å²) in [6.07, 6.45) is -0.0170. The lowest BCUT2D eigenvalue weighted by Gasteiger charge is -2.05. The van der Waals surface area contributed by atoms with Crippen molar-refractivity contribution in [1.82, 2.24) is 0 Å². The lowest BCUT2D eigenvalue weighted by molar-refractivity contribution is -0.142. The first kappa shape index (κ1) is 12.5. The zero-order valence-electron chi connectivity index (χ0n) is 8.02. The van der Waals surface area contributed by atoms with Crippen molar-refractivity contribution < 1.29 is 13.9 Å². The molecule has 0 atom stereocenters. The molecule has 0 aliphatic rings. The van der Waals surface area contributed by atoms with E-state index >= 15 is 0 Å². The summed E-state index contributed by atoms with van der Waals surface area (Å²) in [6.45, 7) is 2.01. The van der Waals surface area contributed by atoms with Crippen molar-refractivity contribution >= 4 is 33.5 Å². The molecule has 0 heterocycles. The van der Waals surface area contributed by atoms with Crippen LogP contribution in [0.1, 0.15) is 12.5 Å². The molecule has 0 saturated heterocycles. The molecule has 0 amide bonds. The van der Waals surface area contributed by atoms with Gasteiger partial charge < -0.3 is 4.74 Å². The smallest absolute Gasteiger partial charge is 0.310 e. The summed E-state index contributed by atoms with van der Waals surface area (Å²) < 4.78 is 18.2. The van der Waals surface area contributed by atoms with Crippen LogP contribution in [0.5, 0.6) is 0 Å². The number of esters is 1. The molecule has 0 aliphatic heterocycles. The summed E-state index contributed by atoms with van der Waals surface area (Å²) in [7, 11) is 0. The van der Waals surface area contributed by atoms with Crippen LogP contribution in [0.4, 0.5) is 4.39 Å². The van der Waals surface area contributed by atoms with E-state index in [0.717, 1.165) is 0 Å². The summed E-state index contributed by atoms with van der Waals surface area (Å²) in [4.78, 5) is 11.1. The van der Waals surface area contributed by atoms with Crippen molar-refractivity contribution in [3.05, 3.63) is 33.0 Å². The van der Waals surface area contributed by atoms with E-state index < -0.39 is 11.8 Å². The number of benzene rings is 1. The number of carbonyl (C=O) groups is 1. The third-order valence-electron chi connectivity index (χ3n) is 1.73. The number of ether oxygens (including phenoxy) is 1. The maximum Gasteiger partial charge on any atom is 0.310 e. The topological polar surface area (TPSA) is 26.3 Å². The molecule has 0 aliphatic carbocycles. The Morgan fingerprint density at radius 2 is 2.27 bits per heavy atom. The van der Waals surface area contributed by atoms with Gasteiger partial charge in [-0.3, -0.25) is 4.79 Å². The predicted molar refractivity (Wildman–Crippen MR) is 59.4 cm³/mol. The zero-order chi connectivity index (χ0) is 11.4. The van der Waals surface area contributed by atoms with E-state index in [0.29, 0.717) is 17.2 Å². The summed E-state index contributed by atoms with van der Waals surface area (Å²) in [5, 5.41) is 0.344. The van der Waals surface area contributed by atoms with Gasteiger partial charge in [0.25, 0.3) is 0 Å². The Morgan fingerprint density at radius 3 is 2.87 bits per heavy atom. The zero-order valence-corrected chi connectivity index (χ0v) is 10.4. The Morgan fingerprint density at radius 1 is 1.60 bits per heavy atom. The van der Waals surface area contributed by atoms with Gasteiger partial charge >= 0.3 is 5.97 Å². The van der Waals surface area contributed by atoms with Gasteiger partial charge in [-0.05, 0) is 40.5 Å². The number of carbonyl (C=O) groups excluding carboxylic acids is 1. The molecule has 0 N–H and O–H groups in total. The molecule has 0 fully saturated rings. The van der Waals surface area contributed by atoms with Crippen LogP contribution >= 0.6 is 27.5 Å². The highest BCUT2D eigenvalue weighted by Gasteiger charge is 2.11. The van der Waals surface area contributed by atoms with Crippen LogP contribution in [-0.4, -0.2) is 12.6 Å². The van der Waals surface area contributed by atoms with E-state index in [-0.39, 0.29) is 10.9 Å². The molecule has 2 nitrogen and oxygen atoms in total. The summed E-state index contributed by atoms with van der Waals surface area (Å²) >= 11 is 8.84. The van der Waals surface area contributed by atoms with Crippen LogP contribution in [0.15, 0.2) is 16.6 Å². The molecule has 1 aromatic carbocycles. The third-order valence-corrected chi connectivity index (χ3v) is 2.69. The van der Waals surface area contributed by atoms with Crippen LogP contribution in [0.2, 0.25) is 5.02 Å². The minimum Gasteiger partial charge on any atom is -0.466 e. The first-order valence-corrected chi connectivity index (χ1v) is 5.50. The third kappa shape index (κ3) is 3.47. The van der Waals surface area contributed by atoms with E-state index in [4.69, 9.17) is 16.3 Å². The molecule has 0 spiro atoms. The molecule has 1 aromatic rings. The molecular formula is C10H9BrClFO2. The van der Waals surface area contributed by atoms with Gasteiger partial charge in [0.2, 0.25) is 0 Å². The van der Waals surface area contributed by atoms with Gasteiger partial charge in [0.15, 0.2) is 0 Å².